The van der Waals surface area contributed by atoms with Gasteiger partial charge in [0, 0.05) is 45.0 Å². The molecule has 0 aromatic heterocycles. The summed E-state index contributed by atoms with van der Waals surface area (Å²) in [5.41, 5.74) is 2.13. The highest BCUT2D eigenvalue weighted by Crippen LogP contribution is 2.20. The number of hydrogen-bond acceptors (Lipinski definition) is 5. The maximum Gasteiger partial charge on any atom is 0.240 e. The highest BCUT2D eigenvalue weighted by atomic mass is 32.2. The molecule has 0 spiro atoms. The van der Waals surface area contributed by atoms with Crippen LogP contribution in [-0.2, 0) is 10.0 Å². The van der Waals surface area contributed by atoms with Gasteiger partial charge >= 0.3 is 0 Å². The Morgan fingerprint density at radius 3 is 2.37 bits per heavy atom. The van der Waals surface area contributed by atoms with Crippen molar-refractivity contribution in [3.8, 4) is 5.75 Å². The van der Waals surface area contributed by atoms with E-state index in [1.165, 1.54) is 5.69 Å². The molecular weight excluding hydrogens is 362 g/mol. The Bertz CT molecular complexity index is 845. The molecule has 1 heterocycles. The van der Waals surface area contributed by atoms with Crippen LogP contribution in [0.5, 0.6) is 5.75 Å². The molecule has 1 fully saturated rings. The number of piperazine rings is 1. The Morgan fingerprint density at radius 1 is 1.04 bits per heavy atom. The fourth-order valence-electron chi connectivity index (χ4n) is 3.23. The van der Waals surface area contributed by atoms with Gasteiger partial charge in [0.1, 0.15) is 5.75 Å². The molecule has 0 saturated carbocycles. The van der Waals surface area contributed by atoms with Crippen LogP contribution in [0.25, 0.3) is 0 Å². The minimum absolute atomic E-state index is 0.326. The molecule has 0 atom stereocenters. The Morgan fingerprint density at radius 2 is 1.74 bits per heavy atom. The molecule has 2 aromatic carbocycles. The van der Waals surface area contributed by atoms with Gasteiger partial charge in [0.05, 0.1) is 12.0 Å². The highest BCUT2D eigenvalue weighted by molar-refractivity contribution is 7.89. The average Bonchev–Trinajstić information content (AvgIpc) is 2.68. The molecule has 1 aliphatic rings. The van der Waals surface area contributed by atoms with Crippen LogP contribution in [0.2, 0.25) is 0 Å². The van der Waals surface area contributed by atoms with Crippen molar-refractivity contribution in [2.45, 2.75) is 11.8 Å². The second kappa shape index (κ2) is 8.73. The van der Waals surface area contributed by atoms with Crippen LogP contribution >= 0.6 is 0 Å². The van der Waals surface area contributed by atoms with E-state index in [2.05, 4.69) is 26.7 Å². The standard InChI is InChI=1S/C20H27N3O3S/c1-17-4-3-5-20(16-17)27(24,25)21-10-11-22-12-14-23(15-13-22)18-6-8-19(26-2)9-7-18/h3-9,16,21H,10-15H2,1-2H3. The second-order valence-corrected chi connectivity index (χ2v) is 8.51. The number of rotatable bonds is 7. The van der Waals surface area contributed by atoms with Gasteiger partial charge in [0.25, 0.3) is 0 Å². The number of ether oxygens (including phenoxy) is 1. The number of anilines is 1. The fraction of sp³-hybridized carbons (Fsp3) is 0.400. The van der Waals surface area contributed by atoms with Crippen molar-refractivity contribution in [3.05, 3.63) is 54.1 Å². The Balaban J connectivity index is 1.45. The zero-order valence-corrected chi connectivity index (χ0v) is 16.7. The van der Waals surface area contributed by atoms with Crippen LogP contribution in [0.4, 0.5) is 5.69 Å². The molecule has 1 N–H and O–H groups in total. The van der Waals surface area contributed by atoms with Gasteiger partial charge in [-0.25, -0.2) is 13.1 Å². The molecule has 146 valence electrons. The van der Waals surface area contributed by atoms with Gasteiger partial charge in [-0.2, -0.15) is 0 Å². The van der Waals surface area contributed by atoms with Gasteiger partial charge in [-0.05, 0) is 48.9 Å². The first-order valence-electron chi connectivity index (χ1n) is 9.15. The summed E-state index contributed by atoms with van der Waals surface area (Å²) in [5, 5.41) is 0. The predicted octanol–water partition coefficient (Wildman–Crippen LogP) is 2.10. The van der Waals surface area contributed by atoms with E-state index in [4.69, 9.17) is 4.74 Å². The normalized spacial score (nSPS) is 15.7. The quantitative estimate of drug-likeness (QED) is 0.786. The lowest BCUT2D eigenvalue weighted by atomic mass is 10.2. The van der Waals surface area contributed by atoms with E-state index in [0.29, 0.717) is 18.0 Å². The average molecular weight is 390 g/mol. The number of methoxy groups -OCH3 is 1. The minimum Gasteiger partial charge on any atom is -0.497 e. The molecule has 2 aromatic rings. The molecule has 0 radical (unpaired) electrons. The summed E-state index contributed by atoms with van der Waals surface area (Å²) in [6.45, 7) is 6.70. The van der Waals surface area contributed by atoms with E-state index in [-0.39, 0.29) is 0 Å². The van der Waals surface area contributed by atoms with Crippen LogP contribution < -0.4 is 14.4 Å². The predicted molar refractivity (Wildman–Crippen MR) is 108 cm³/mol. The van der Waals surface area contributed by atoms with Crippen LogP contribution in [0.3, 0.4) is 0 Å². The lowest BCUT2D eigenvalue weighted by Crippen LogP contribution is -2.48. The summed E-state index contributed by atoms with van der Waals surface area (Å²) >= 11 is 0. The van der Waals surface area contributed by atoms with Gasteiger partial charge in [0.2, 0.25) is 10.0 Å². The van der Waals surface area contributed by atoms with Crippen molar-refractivity contribution >= 4 is 15.7 Å². The molecule has 1 saturated heterocycles. The molecule has 0 unspecified atom stereocenters. The SMILES string of the molecule is COc1ccc(N2CCN(CCNS(=O)(=O)c3cccc(C)c3)CC2)cc1. The van der Waals surface area contributed by atoms with Crippen molar-refractivity contribution in [1.29, 1.82) is 0 Å². The highest BCUT2D eigenvalue weighted by Gasteiger charge is 2.18. The first-order valence-corrected chi connectivity index (χ1v) is 10.6. The van der Waals surface area contributed by atoms with Crippen LogP contribution in [0.15, 0.2) is 53.4 Å². The van der Waals surface area contributed by atoms with E-state index >= 15 is 0 Å². The lowest BCUT2D eigenvalue weighted by Gasteiger charge is -2.36. The smallest absolute Gasteiger partial charge is 0.240 e. The van der Waals surface area contributed by atoms with Crippen LogP contribution in [0, 0.1) is 6.92 Å². The van der Waals surface area contributed by atoms with Crippen molar-refractivity contribution in [2.24, 2.45) is 0 Å². The van der Waals surface area contributed by atoms with E-state index in [0.717, 1.165) is 37.5 Å². The third kappa shape index (κ3) is 5.22. The molecule has 1 aliphatic heterocycles. The van der Waals surface area contributed by atoms with E-state index < -0.39 is 10.0 Å². The zero-order chi connectivity index (χ0) is 19.3. The molecule has 3 rings (SSSR count). The number of hydrogen-bond donors (Lipinski definition) is 1. The van der Waals surface area contributed by atoms with Gasteiger partial charge in [-0.3, -0.25) is 4.90 Å². The number of sulfonamides is 1. The van der Waals surface area contributed by atoms with Gasteiger partial charge in [-0.15, -0.1) is 0 Å². The van der Waals surface area contributed by atoms with Gasteiger partial charge in [-0.1, -0.05) is 12.1 Å². The number of nitrogens with one attached hydrogen (secondary N) is 1. The summed E-state index contributed by atoms with van der Waals surface area (Å²) in [6, 6.07) is 15.1. The molecular formula is C20H27N3O3S. The number of aryl methyl sites for hydroxylation is 1. The van der Waals surface area contributed by atoms with E-state index in [1.807, 2.05) is 25.1 Å². The van der Waals surface area contributed by atoms with Crippen molar-refractivity contribution in [1.82, 2.24) is 9.62 Å². The Hall–Kier alpha value is -2.09. The van der Waals surface area contributed by atoms with Crippen molar-refractivity contribution in [2.75, 3.05) is 51.3 Å². The molecule has 6 nitrogen and oxygen atoms in total. The Kier molecular flexibility index (Phi) is 6.36. The Labute approximate surface area is 161 Å². The summed E-state index contributed by atoms with van der Waals surface area (Å²) in [7, 11) is -1.78. The third-order valence-electron chi connectivity index (χ3n) is 4.83. The summed E-state index contributed by atoms with van der Waals surface area (Å²) in [5.74, 6) is 0.860. The first kappa shape index (κ1) is 19.7. The molecule has 0 aliphatic carbocycles. The first-order chi connectivity index (χ1) is 13.0. The van der Waals surface area contributed by atoms with Crippen molar-refractivity contribution < 1.29 is 13.2 Å². The second-order valence-electron chi connectivity index (χ2n) is 6.74. The molecule has 0 amide bonds. The minimum atomic E-state index is -3.44. The lowest BCUT2D eigenvalue weighted by molar-refractivity contribution is 0.262. The van der Waals surface area contributed by atoms with E-state index in [1.54, 1.807) is 25.3 Å². The molecule has 7 heteroatoms. The van der Waals surface area contributed by atoms with Crippen molar-refractivity contribution in [3.63, 3.8) is 0 Å². The van der Waals surface area contributed by atoms with Gasteiger partial charge in [0.15, 0.2) is 0 Å². The van der Waals surface area contributed by atoms with Crippen LogP contribution in [-0.4, -0.2) is 59.7 Å². The number of nitrogens with zero attached hydrogens (tertiary/aromatic N) is 2. The molecule has 27 heavy (non-hydrogen) atoms. The van der Waals surface area contributed by atoms with E-state index in [9.17, 15) is 8.42 Å². The summed E-state index contributed by atoms with van der Waals surface area (Å²) in [6.07, 6.45) is 0. The number of benzene rings is 2. The fourth-order valence-corrected chi connectivity index (χ4v) is 4.35. The molecule has 0 bridgehead atoms. The maximum absolute atomic E-state index is 12.4. The zero-order valence-electron chi connectivity index (χ0n) is 15.9. The van der Waals surface area contributed by atoms with Gasteiger partial charge < -0.3 is 9.64 Å². The largest absolute Gasteiger partial charge is 0.497 e. The monoisotopic (exact) mass is 389 g/mol. The summed E-state index contributed by atoms with van der Waals surface area (Å²) < 4.78 is 32.6. The summed E-state index contributed by atoms with van der Waals surface area (Å²) in [4.78, 5) is 4.96. The third-order valence-corrected chi connectivity index (χ3v) is 6.29. The topological polar surface area (TPSA) is 61.9 Å². The maximum atomic E-state index is 12.4. The van der Waals surface area contributed by atoms with Crippen LogP contribution in [0.1, 0.15) is 5.56 Å².